The monoisotopic (exact) mass is 339 g/mol. The van der Waals surface area contributed by atoms with Gasteiger partial charge < -0.3 is 15.7 Å². The molecule has 0 aromatic rings. The molecule has 0 radical (unpaired) electrons. The van der Waals surface area contributed by atoms with Crippen molar-refractivity contribution < 1.29 is 24.3 Å². The summed E-state index contributed by atoms with van der Waals surface area (Å²) in [6, 6.07) is -0.584. The molecule has 4 amide bonds. The van der Waals surface area contributed by atoms with Crippen molar-refractivity contribution in [3.63, 3.8) is 0 Å². The summed E-state index contributed by atoms with van der Waals surface area (Å²) >= 11 is 0. The number of aliphatic carboxylic acids is 1. The van der Waals surface area contributed by atoms with Crippen LogP contribution in [0.4, 0.5) is 4.79 Å². The van der Waals surface area contributed by atoms with Crippen LogP contribution in [-0.2, 0) is 14.4 Å². The summed E-state index contributed by atoms with van der Waals surface area (Å²) in [6.45, 7) is 5.51. The normalized spacial score (nSPS) is 27.3. The van der Waals surface area contributed by atoms with E-state index in [0.29, 0.717) is 18.8 Å². The van der Waals surface area contributed by atoms with Gasteiger partial charge in [-0.25, -0.2) is 4.79 Å². The molecule has 24 heavy (non-hydrogen) atoms. The molecule has 0 bridgehead atoms. The van der Waals surface area contributed by atoms with Gasteiger partial charge in [-0.2, -0.15) is 0 Å². The number of imide groups is 1. The molecule has 1 saturated carbocycles. The fourth-order valence-corrected chi connectivity index (χ4v) is 3.51. The summed E-state index contributed by atoms with van der Waals surface area (Å²) in [7, 11) is 0. The molecule has 2 aliphatic rings. The van der Waals surface area contributed by atoms with E-state index in [1.807, 2.05) is 0 Å². The highest BCUT2D eigenvalue weighted by Gasteiger charge is 2.53. The maximum Gasteiger partial charge on any atom is 0.325 e. The lowest BCUT2D eigenvalue weighted by Crippen LogP contribution is -2.51. The average molecular weight is 339 g/mol. The molecule has 0 aromatic heterocycles. The quantitative estimate of drug-likeness (QED) is 0.653. The Kier molecular flexibility index (Phi) is 4.87. The molecule has 1 saturated heterocycles. The van der Waals surface area contributed by atoms with Gasteiger partial charge >= 0.3 is 12.0 Å². The molecular weight excluding hydrogens is 314 g/mol. The number of rotatable bonds is 4. The van der Waals surface area contributed by atoms with E-state index in [1.165, 1.54) is 0 Å². The molecule has 2 fully saturated rings. The molecule has 134 valence electrons. The van der Waals surface area contributed by atoms with Crippen molar-refractivity contribution in [1.29, 1.82) is 0 Å². The number of hydrogen-bond acceptors (Lipinski definition) is 4. The van der Waals surface area contributed by atoms with E-state index >= 15 is 0 Å². The molecule has 1 aliphatic carbocycles. The number of carboxylic acid groups (broad SMARTS) is 1. The molecule has 8 nitrogen and oxygen atoms in total. The molecule has 1 spiro atoms. The molecule has 0 unspecified atom stereocenters. The minimum Gasteiger partial charge on any atom is -0.480 e. The van der Waals surface area contributed by atoms with E-state index in [9.17, 15) is 19.2 Å². The molecule has 3 N–H and O–H groups in total. The fourth-order valence-electron chi connectivity index (χ4n) is 3.51. The topological polar surface area (TPSA) is 116 Å². The number of nitrogens with one attached hydrogen (secondary N) is 2. The van der Waals surface area contributed by atoms with Crippen LogP contribution < -0.4 is 10.6 Å². The number of carboxylic acids is 1. The van der Waals surface area contributed by atoms with E-state index in [4.69, 9.17) is 5.11 Å². The van der Waals surface area contributed by atoms with Crippen molar-refractivity contribution in [3.05, 3.63) is 0 Å². The Balaban J connectivity index is 1.99. The first-order valence-corrected chi connectivity index (χ1v) is 8.18. The van der Waals surface area contributed by atoms with Gasteiger partial charge in [0, 0.05) is 0 Å². The lowest BCUT2D eigenvalue weighted by molar-refractivity contribution is -0.139. The van der Waals surface area contributed by atoms with Gasteiger partial charge in [-0.3, -0.25) is 19.3 Å². The lowest BCUT2D eigenvalue weighted by Gasteiger charge is -2.40. The predicted molar refractivity (Wildman–Crippen MR) is 85.0 cm³/mol. The summed E-state index contributed by atoms with van der Waals surface area (Å²) in [6.07, 6.45) is 2.81. The first-order chi connectivity index (χ1) is 11.0. The third kappa shape index (κ3) is 3.68. The standard InChI is InChI=1S/C16H25N3O5/c1-15(2,3)10-4-6-16(7-5-10)13(23)19(14(24)18-16)9-11(20)17-8-12(21)22/h10H,4-9H2,1-3H3,(H,17,20)(H,18,24)(H,21,22). The highest BCUT2D eigenvalue weighted by Crippen LogP contribution is 2.43. The highest BCUT2D eigenvalue weighted by atomic mass is 16.4. The third-order valence-electron chi connectivity index (χ3n) is 5.05. The number of nitrogens with zero attached hydrogens (tertiary/aromatic N) is 1. The minimum atomic E-state index is -1.18. The summed E-state index contributed by atoms with van der Waals surface area (Å²) in [5, 5.41) is 13.5. The Hall–Kier alpha value is -2.12. The second-order valence-electron chi connectivity index (χ2n) is 7.71. The lowest BCUT2D eigenvalue weighted by atomic mass is 9.67. The number of hydrogen-bond donors (Lipinski definition) is 3. The van der Waals surface area contributed by atoms with Gasteiger partial charge in [0.25, 0.3) is 5.91 Å². The molecule has 0 aromatic carbocycles. The average Bonchev–Trinajstić information content (AvgIpc) is 2.69. The van der Waals surface area contributed by atoms with Crippen molar-refractivity contribution in [3.8, 4) is 0 Å². The zero-order valence-electron chi connectivity index (χ0n) is 14.3. The van der Waals surface area contributed by atoms with Gasteiger partial charge in [-0.05, 0) is 37.0 Å². The number of carbonyl (C=O) groups excluding carboxylic acids is 3. The zero-order chi connectivity index (χ0) is 18.1. The van der Waals surface area contributed by atoms with Gasteiger partial charge in [0.15, 0.2) is 0 Å². The van der Waals surface area contributed by atoms with Crippen LogP contribution in [0.3, 0.4) is 0 Å². The van der Waals surface area contributed by atoms with E-state index in [2.05, 4.69) is 31.4 Å². The second kappa shape index (κ2) is 6.41. The maximum atomic E-state index is 12.7. The first-order valence-electron chi connectivity index (χ1n) is 8.18. The first kappa shape index (κ1) is 18.2. The molecule has 2 rings (SSSR count). The van der Waals surface area contributed by atoms with Crippen molar-refractivity contribution >= 4 is 23.8 Å². The Labute approximate surface area is 141 Å². The van der Waals surface area contributed by atoms with Crippen LogP contribution in [-0.4, -0.2) is 52.4 Å². The third-order valence-corrected chi connectivity index (χ3v) is 5.05. The second-order valence-corrected chi connectivity index (χ2v) is 7.71. The summed E-state index contributed by atoms with van der Waals surface area (Å²) in [5.74, 6) is -1.75. The summed E-state index contributed by atoms with van der Waals surface area (Å²) in [5.41, 5.74) is -0.754. The van der Waals surface area contributed by atoms with Gasteiger partial charge in [-0.15, -0.1) is 0 Å². The zero-order valence-corrected chi connectivity index (χ0v) is 14.3. The highest BCUT2D eigenvalue weighted by molar-refractivity contribution is 6.09. The van der Waals surface area contributed by atoms with Crippen molar-refractivity contribution in [1.82, 2.24) is 15.5 Å². The fraction of sp³-hybridized carbons (Fsp3) is 0.750. The Morgan fingerprint density at radius 2 is 1.88 bits per heavy atom. The minimum absolute atomic E-state index is 0.156. The Morgan fingerprint density at radius 3 is 2.38 bits per heavy atom. The molecule has 0 atom stereocenters. The van der Waals surface area contributed by atoms with Crippen LogP contribution in [0.5, 0.6) is 0 Å². The predicted octanol–water partition coefficient (Wildman–Crippen LogP) is 0.714. The number of amides is 4. The Morgan fingerprint density at radius 1 is 1.29 bits per heavy atom. The van der Waals surface area contributed by atoms with Crippen LogP contribution in [0, 0.1) is 11.3 Å². The van der Waals surface area contributed by atoms with Crippen LogP contribution in [0.15, 0.2) is 0 Å². The molecule has 8 heteroatoms. The van der Waals surface area contributed by atoms with Crippen molar-refractivity contribution in [2.75, 3.05) is 13.1 Å². The van der Waals surface area contributed by atoms with Crippen LogP contribution in [0.25, 0.3) is 0 Å². The Bertz CT molecular complexity index is 559. The summed E-state index contributed by atoms with van der Waals surface area (Å²) in [4.78, 5) is 47.8. The van der Waals surface area contributed by atoms with Crippen molar-refractivity contribution in [2.45, 2.75) is 52.0 Å². The molecule has 1 heterocycles. The van der Waals surface area contributed by atoms with Gasteiger partial charge in [0.1, 0.15) is 18.6 Å². The van der Waals surface area contributed by atoms with Crippen molar-refractivity contribution in [2.24, 2.45) is 11.3 Å². The van der Waals surface area contributed by atoms with E-state index in [-0.39, 0.29) is 11.3 Å². The van der Waals surface area contributed by atoms with Gasteiger partial charge in [0.05, 0.1) is 0 Å². The van der Waals surface area contributed by atoms with Gasteiger partial charge in [0.2, 0.25) is 5.91 Å². The smallest absolute Gasteiger partial charge is 0.325 e. The van der Waals surface area contributed by atoms with Gasteiger partial charge in [-0.1, -0.05) is 20.8 Å². The number of carbonyl (C=O) groups is 4. The van der Waals surface area contributed by atoms with E-state index < -0.39 is 36.5 Å². The van der Waals surface area contributed by atoms with E-state index in [0.717, 1.165) is 17.7 Å². The molecule has 1 aliphatic heterocycles. The molecular formula is C16H25N3O5. The SMILES string of the molecule is CC(C)(C)C1CCC2(CC1)NC(=O)N(CC(=O)NCC(=O)O)C2=O. The maximum absolute atomic E-state index is 12.7. The summed E-state index contributed by atoms with van der Waals surface area (Å²) < 4.78 is 0. The number of urea groups is 1. The largest absolute Gasteiger partial charge is 0.480 e. The van der Waals surface area contributed by atoms with E-state index in [1.54, 1.807) is 0 Å². The van der Waals surface area contributed by atoms with Crippen LogP contribution in [0.2, 0.25) is 0 Å². The van der Waals surface area contributed by atoms with Crippen LogP contribution >= 0.6 is 0 Å². The van der Waals surface area contributed by atoms with Crippen LogP contribution in [0.1, 0.15) is 46.5 Å².